The number of hydrogen-bond donors (Lipinski definition) is 0. The number of benzene rings is 2. The minimum absolute atomic E-state index is 0.0856. The Balaban J connectivity index is 0.000000171. The van der Waals surface area contributed by atoms with Crippen LogP contribution < -0.4 is 0 Å². The molecule has 0 N–H and O–H groups in total. The highest BCUT2D eigenvalue weighted by Crippen LogP contribution is 2.34. The molecule has 0 aliphatic heterocycles. The van der Waals surface area contributed by atoms with Crippen molar-refractivity contribution in [3.63, 3.8) is 0 Å². The van der Waals surface area contributed by atoms with Gasteiger partial charge in [0.15, 0.2) is 0 Å². The number of imidazole rings is 2. The Morgan fingerprint density at radius 2 is 0.933 bits per heavy atom. The molecule has 0 spiro atoms. The van der Waals surface area contributed by atoms with Crippen molar-refractivity contribution in [3.05, 3.63) is 97.1 Å². The van der Waals surface area contributed by atoms with Gasteiger partial charge in [-0.25, -0.2) is 9.97 Å². The predicted octanol–water partition coefficient (Wildman–Crippen LogP) is 5.78. The Morgan fingerprint density at radius 3 is 1.23 bits per heavy atom. The van der Waals surface area contributed by atoms with Gasteiger partial charge in [-0.2, -0.15) is 26.3 Å². The predicted molar refractivity (Wildman–Crippen MR) is 97.1 cm³/mol. The topological polar surface area (TPSA) is 35.6 Å². The zero-order valence-corrected chi connectivity index (χ0v) is 15.1. The van der Waals surface area contributed by atoms with Crippen molar-refractivity contribution in [1.82, 2.24) is 19.1 Å². The van der Waals surface area contributed by atoms with Crippen LogP contribution in [0.2, 0.25) is 0 Å². The average molecular weight is 424 g/mol. The van der Waals surface area contributed by atoms with Crippen LogP contribution in [-0.2, 0) is 12.4 Å². The molecule has 2 aromatic heterocycles. The fourth-order valence-electron chi connectivity index (χ4n) is 2.68. The molecule has 0 fully saturated rings. The molecule has 30 heavy (non-hydrogen) atoms. The number of aromatic nitrogens is 4. The van der Waals surface area contributed by atoms with Gasteiger partial charge >= 0.3 is 12.4 Å². The van der Waals surface area contributed by atoms with Crippen molar-refractivity contribution in [2.24, 2.45) is 0 Å². The van der Waals surface area contributed by atoms with Gasteiger partial charge in [0.2, 0.25) is 0 Å². The van der Waals surface area contributed by atoms with Crippen LogP contribution in [0.25, 0.3) is 11.4 Å². The zero-order valence-electron chi connectivity index (χ0n) is 15.1. The second kappa shape index (κ2) is 8.44. The number of nitrogens with zero attached hydrogens (tertiary/aromatic N) is 4. The van der Waals surface area contributed by atoms with Gasteiger partial charge in [-0.15, -0.1) is 0 Å². The standard InChI is InChI=1S/2C10H7F3N2/c2*11-10(12,13)8-3-1-2-4-9(8)15-6-5-14-7-15/h2*1-7H. The normalized spacial score (nSPS) is 11.7. The van der Waals surface area contributed by atoms with E-state index in [-0.39, 0.29) is 11.4 Å². The van der Waals surface area contributed by atoms with Gasteiger partial charge < -0.3 is 9.13 Å². The monoisotopic (exact) mass is 424 g/mol. The van der Waals surface area contributed by atoms with Crippen LogP contribution in [0.5, 0.6) is 0 Å². The molecular weight excluding hydrogens is 410 g/mol. The second-order valence-corrected chi connectivity index (χ2v) is 5.97. The van der Waals surface area contributed by atoms with Crippen LogP contribution in [-0.4, -0.2) is 19.1 Å². The lowest BCUT2D eigenvalue weighted by molar-refractivity contribution is -0.138. The maximum absolute atomic E-state index is 12.6. The van der Waals surface area contributed by atoms with Gasteiger partial charge in [0.05, 0.1) is 35.2 Å². The summed E-state index contributed by atoms with van der Waals surface area (Å²) in [5, 5.41) is 0. The largest absolute Gasteiger partial charge is 0.418 e. The molecule has 2 aromatic carbocycles. The summed E-state index contributed by atoms with van der Waals surface area (Å²) >= 11 is 0. The van der Waals surface area contributed by atoms with Crippen LogP contribution in [0.4, 0.5) is 26.3 Å². The summed E-state index contributed by atoms with van der Waals surface area (Å²) in [5.41, 5.74) is -1.16. The third-order valence-corrected chi connectivity index (χ3v) is 3.98. The molecule has 0 saturated carbocycles. The molecule has 0 bridgehead atoms. The van der Waals surface area contributed by atoms with Crippen LogP contribution in [0.1, 0.15) is 11.1 Å². The maximum Gasteiger partial charge on any atom is 0.418 e. The first-order valence-electron chi connectivity index (χ1n) is 8.47. The van der Waals surface area contributed by atoms with Crippen LogP contribution in [0.15, 0.2) is 86.0 Å². The summed E-state index contributed by atoms with van der Waals surface area (Å²) in [6, 6.07) is 10.8. The lowest BCUT2D eigenvalue weighted by Crippen LogP contribution is -2.09. The summed E-state index contributed by atoms with van der Waals surface area (Å²) in [6.07, 6.45) is -0.188. The van der Waals surface area contributed by atoms with E-state index in [0.717, 1.165) is 12.1 Å². The number of rotatable bonds is 2. The first kappa shape index (κ1) is 21.2. The first-order valence-corrected chi connectivity index (χ1v) is 8.47. The summed E-state index contributed by atoms with van der Waals surface area (Å²) in [7, 11) is 0. The second-order valence-electron chi connectivity index (χ2n) is 5.97. The molecule has 10 heteroatoms. The van der Waals surface area contributed by atoms with E-state index in [1.165, 1.54) is 70.8 Å². The van der Waals surface area contributed by atoms with Crippen molar-refractivity contribution in [2.75, 3.05) is 0 Å². The Kier molecular flexibility index (Phi) is 5.95. The van der Waals surface area contributed by atoms with Crippen molar-refractivity contribution >= 4 is 0 Å². The zero-order chi connectivity index (χ0) is 21.8. The molecule has 4 aromatic rings. The van der Waals surface area contributed by atoms with Gasteiger partial charge in [-0.05, 0) is 24.3 Å². The Labute approximate surface area is 167 Å². The van der Waals surface area contributed by atoms with Crippen molar-refractivity contribution in [3.8, 4) is 11.4 Å². The lowest BCUT2D eigenvalue weighted by atomic mass is 10.1. The molecule has 0 atom stereocenters. The smallest absolute Gasteiger partial charge is 0.306 e. The van der Waals surface area contributed by atoms with Crippen LogP contribution >= 0.6 is 0 Å². The van der Waals surface area contributed by atoms with Crippen molar-refractivity contribution in [1.29, 1.82) is 0 Å². The maximum atomic E-state index is 12.6. The highest BCUT2D eigenvalue weighted by molar-refractivity contribution is 5.43. The molecule has 156 valence electrons. The van der Waals surface area contributed by atoms with Crippen molar-refractivity contribution in [2.45, 2.75) is 12.4 Å². The third-order valence-electron chi connectivity index (χ3n) is 3.98. The van der Waals surface area contributed by atoms with E-state index in [1.807, 2.05) is 0 Å². The van der Waals surface area contributed by atoms with E-state index >= 15 is 0 Å². The van der Waals surface area contributed by atoms with Gasteiger partial charge in [0, 0.05) is 24.8 Å². The third kappa shape index (κ3) is 4.88. The number of hydrogen-bond acceptors (Lipinski definition) is 2. The fraction of sp³-hybridized carbons (Fsp3) is 0.100. The molecule has 0 aliphatic rings. The van der Waals surface area contributed by atoms with E-state index in [2.05, 4.69) is 9.97 Å². The highest BCUT2D eigenvalue weighted by Gasteiger charge is 2.34. The van der Waals surface area contributed by atoms with Crippen LogP contribution in [0, 0.1) is 0 Å². The number of halogens is 6. The molecule has 0 amide bonds. The summed E-state index contributed by atoms with van der Waals surface area (Å²) in [4.78, 5) is 7.43. The quantitative estimate of drug-likeness (QED) is 0.383. The van der Waals surface area contributed by atoms with E-state index in [4.69, 9.17) is 0 Å². The molecule has 0 unspecified atom stereocenters. The van der Waals surface area contributed by atoms with Gasteiger partial charge in [-0.3, -0.25) is 0 Å². The number of alkyl halides is 6. The Morgan fingerprint density at radius 1 is 0.567 bits per heavy atom. The Bertz CT molecular complexity index is 980. The average Bonchev–Trinajstić information content (AvgIpc) is 3.41. The highest BCUT2D eigenvalue weighted by atomic mass is 19.4. The van der Waals surface area contributed by atoms with E-state index in [1.54, 1.807) is 12.1 Å². The van der Waals surface area contributed by atoms with E-state index < -0.39 is 23.5 Å². The van der Waals surface area contributed by atoms with E-state index in [0.29, 0.717) is 0 Å². The molecular formula is C20H14F6N4. The molecule has 2 heterocycles. The number of para-hydroxylation sites is 2. The fourth-order valence-corrected chi connectivity index (χ4v) is 2.68. The van der Waals surface area contributed by atoms with E-state index in [9.17, 15) is 26.3 Å². The summed E-state index contributed by atoms with van der Waals surface area (Å²) < 4.78 is 78.3. The van der Waals surface area contributed by atoms with Gasteiger partial charge in [0.1, 0.15) is 0 Å². The van der Waals surface area contributed by atoms with Gasteiger partial charge in [0.25, 0.3) is 0 Å². The summed E-state index contributed by atoms with van der Waals surface area (Å²) in [5.74, 6) is 0. The summed E-state index contributed by atoms with van der Waals surface area (Å²) in [6.45, 7) is 0. The molecule has 4 rings (SSSR count). The first-order chi connectivity index (χ1) is 14.2. The SMILES string of the molecule is FC(F)(F)c1ccccc1-n1ccnc1.FC(F)(F)c1ccccc1-n1ccnc1. The molecule has 4 nitrogen and oxygen atoms in total. The van der Waals surface area contributed by atoms with Gasteiger partial charge in [-0.1, -0.05) is 24.3 Å². The lowest BCUT2D eigenvalue weighted by Gasteiger charge is -2.12. The molecule has 0 radical (unpaired) electrons. The Hall–Kier alpha value is -3.56. The minimum atomic E-state index is -4.35. The molecule has 0 aliphatic carbocycles. The van der Waals surface area contributed by atoms with Crippen molar-refractivity contribution < 1.29 is 26.3 Å². The minimum Gasteiger partial charge on any atom is -0.306 e. The van der Waals surface area contributed by atoms with Crippen LogP contribution in [0.3, 0.4) is 0 Å². The molecule has 0 saturated heterocycles.